The average Bonchev–Trinajstić information content (AvgIpc) is 2.36. The number of hydrogen-bond donors (Lipinski definition) is 1. The Morgan fingerprint density at radius 3 is 2.45 bits per heavy atom. The van der Waals surface area contributed by atoms with E-state index in [4.69, 9.17) is 22.1 Å². The SMILES string of the molecule is Cc1cccc(C)c1COC(=O)c1cc(N)cc(Cl)c1. The second kappa shape index (κ2) is 5.97. The van der Waals surface area contributed by atoms with Gasteiger partial charge in [-0.3, -0.25) is 0 Å². The molecule has 2 rings (SSSR count). The number of nitrogens with two attached hydrogens (primary N) is 1. The smallest absolute Gasteiger partial charge is 0.338 e. The fraction of sp³-hybridized carbons (Fsp3) is 0.188. The third-order valence-electron chi connectivity index (χ3n) is 3.15. The second-order valence-electron chi connectivity index (χ2n) is 4.72. The highest BCUT2D eigenvalue weighted by Gasteiger charge is 2.11. The van der Waals surface area contributed by atoms with E-state index in [2.05, 4.69) is 0 Å². The van der Waals surface area contributed by atoms with Crippen molar-refractivity contribution in [2.45, 2.75) is 20.5 Å². The van der Waals surface area contributed by atoms with Gasteiger partial charge in [-0.2, -0.15) is 0 Å². The molecule has 2 aromatic carbocycles. The summed E-state index contributed by atoms with van der Waals surface area (Å²) in [5.41, 5.74) is 9.69. The van der Waals surface area contributed by atoms with Gasteiger partial charge in [-0.05, 0) is 48.7 Å². The number of carbonyl (C=O) groups excluding carboxylic acids is 1. The Labute approximate surface area is 123 Å². The number of esters is 1. The zero-order valence-electron chi connectivity index (χ0n) is 11.4. The van der Waals surface area contributed by atoms with Crippen molar-refractivity contribution in [3.8, 4) is 0 Å². The number of nitrogen functional groups attached to an aromatic ring is 1. The molecule has 0 spiro atoms. The normalized spacial score (nSPS) is 10.3. The van der Waals surface area contributed by atoms with Crippen molar-refractivity contribution in [2.24, 2.45) is 0 Å². The third kappa shape index (κ3) is 3.31. The van der Waals surface area contributed by atoms with Gasteiger partial charge in [0.25, 0.3) is 0 Å². The zero-order valence-corrected chi connectivity index (χ0v) is 12.2. The summed E-state index contributed by atoms with van der Waals surface area (Å²) in [5.74, 6) is -0.429. The molecule has 0 aliphatic heterocycles. The van der Waals surface area contributed by atoms with Crippen LogP contribution >= 0.6 is 11.6 Å². The van der Waals surface area contributed by atoms with Crippen LogP contribution in [0.15, 0.2) is 36.4 Å². The summed E-state index contributed by atoms with van der Waals surface area (Å²) in [5, 5.41) is 0.420. The molecule has 0 amide bonds. The summed E-state index contributed by atoms with van der Waals surface area (Å²) in [6.07, 6.45) is 0. The van der Waals surface area contributed by atoms with Gasteiger partial charge in [0.2, 0.25) is 0 Å². The first-order valence-corrected chi connectivity index (χ1v) is 6.63. The van der Waals surface area contributed by atoms with E-state index in [9.17, 15) is 4.79 Å². The monoisotopic (exact) mass is 289 g/mol. The molecule has 104 valence electrons. The van der Waals surface area contributed by atoms with Crippen LogP contribution in [-0.4, -0.2) is 5.97 Å². The molecule has 0 aliphatic rings. The van der Waals surface area contributed by atoms with Gasteiger partial charge in [0.15, 0.2) is 0 Å². The molecular formula is C16H16ClNO2. The average molecular weight is 290 g/mol. The number of anilines is 1. The first kappa shape index (κ1) is 14.4. The van der Waals surface area contributed by atoms with Crippen LogP contribution in [0.1, 0.15) is 27.0 Å². The fourth-order valence-electron chi connectivity index (χ4n) is 2.03. The summed E-state index contributed by atoms with van der Waals surface area (Å²) in [4.78, 5) is 12.0. The minimum Gasteiger partial charge on any atom is -0.457 e. The van der Waals surface area contributed by atoms with Gasteiger partial charge in [0, 0.05) is 10.7 Å². The van der Waals surface area contributed by atoms with Gasteiger partial charge < -0.3 is 10.5 Å². The summed E-state index contributed by atoms with van der Waals surface area (Å²) in [6, 6.07) is 10.7. The molecule has 2 N–H and O–H groups in total. The van der Waals surface area contributed by atoms with E-state index in [1.54, 1.807) is 18.2 Å². The zero-order chi connectivity index (χ0) is 14.7. The van der Waals surface area contributed by atoms with Crippen LogP contribution in [0, 0.1) is 13.8 Å². The highest BCUT2D eigenvalue weighted by atomic mass is 35.5. The molecule has 0 heterocycles. The molecule has 4 heteroatoms. The lowest BCUT2D eigenvalue weighted by molar-refractivity contribution is 0.0471. The molecular weight excluding hydrogens is 274 g/mol. The van der Waals surface area contributed by atoms with E-state index in [0.29, 0.717) is 16.3 Å². The van der Waals surface area contributed by atoms with Gasteiger partial charge >= 0.3 is 5.97 Å². The van der Waals surface area contributed by atoms with Crippen molar-refractivity contribution >= 4 is 23.3 Å². The quantitative estimate of drug-likeness (QED) is 0.689. The minimum atomic E-state index is -0.429. The lowest BCUT2D eigenvalue weighted by Crippen LogP contribution is -2.07. The minimum absolute atomic E-state index is 0.240. The van der Waals surface area contributed by atoms with Gasteiger partial charge in [0.1, 0.15) is 6.61 Å². The maximum absolute atomic E-state index is 12.0. The molecule has 0 unspecified atom stereocenters. The maximum Gasteiger partial charge on any atom is 0.338 e. The van der Waals surface area contributed by atoms with Crippen LogP contribution in [0.5, 0.6) is 0 Å². The van der Waals surface area contributed by atoms with Crippen molar-refractivity contribution in [1.29, 1.82) is 0 Å². The van der Waals surface area contributed by atoms with Crippen molar-refractivity contribution in [2.75, 3.05) is 5.73 Å². The first-order valence-electron chi connectivity index (χ1n) is 6.25. The number of carbonyl (C=O) groups is 1. The molecule has 0 saturated carbocycles. The lowest BCUT2D eigenvalue weighted by atomic mass is 10.0. The molecule has 0 aromatic heterocycles. The van der Waals surface area contributed by atoms with Crippen molar-refractivity contribution in [3.05, 3.63) is 63.7 Å². The molecule has 0 radical (unpaired) electrons. The van der Waals surface area contributed by atoms with Crippen molar-refractivity contribution < 1.29 is 9.53 Å². The summed E-state index contributed by atoms with van der Waals surface area (Å²) in [7, 11) is 0. The standard InChI is InChI=1S/C16H16ClNO2/c1-10-4-3-5-11(2)15(10)9-20-16(19)12-6-13(17)8-14(18)7-12/h3-8H,9,18H2,1-2H3. The molecule has 0 saturated heterocycles. The Balaban J connectivity index is 2.13. The van der Waals surface area contributed by atoms with E-state index < -0.39 is 5.97 Å². The van der Waals surface area contributed by atoms with Gasteiger partial charge in [-0.15, -0.1) is 0 Å². The topological polar surface area (TPSA) is 52.3 Å². The molecule has 0 fully saturated rings. The highest BCUT2D eigenvalue weighted by Crippen LogP contribution is 2.19. The molecule has 20 heavy (non-hydrogen) atoms. The third-order valence-corrected chi connectivity index (χ3v) is 3.37. The number of aryl methyl sites for hydroxylation is 2. The van der Waals surface area contributed by atoms with Crippen molar-refractivity contribution in [1.82, 2.24) is 0 Å². The van der Waals surface area contributed by atoms with Crippen LogP contribution in [0.3, 0.4) is 0 Å². The first-order chi connectivity index (χ1) is 9.47. The highest BCUT2D eigenvalue weighted by molar-refractivity contribution is 6.31. The van der Waals surface area contributed by atoms with Crippen LogP contribution < -0.4 is 5.73 Å². The number of hydrogen-bond acceptors (Lipinski definition) is 3. The van der Waals surface area contributed by atoms with Crippen molar-refractivity contribution in [3.63, 3.8) is 0 Å². The molecule has 0 atom stereocenters. The van der Waals surface area contributed by atoms with E-state index >= 15 is 0 Å². The summed E-state index contributed by atoms with van der Waals surface area (Å²) >= 11 is 5.87. The lowest BCUT2D eigenvalue weighted by Gasteiger charge is -2.11. The Hall–Kier alpha value is -2.00. The largest absolute Gasteiger partial charge is 0.457 e. The van der Waals surface area contributed by atoms with E-state index in [0.717, 1.165) is 16.7 Å². The maximum atomic E-state index is 12.0. The van der Waals surface area contributed by atoms with Gasteiger partial charge in [-0.25, -0.2) is 4.79 Å². The second-order valence-corrected chi connectivity index (χ2v) is 5.16. The van der Waals surface area contributed by atoms with E-state index in [1.165, 1.54) is 0 Å². The van der Waals surface area contributed by atoms with Gasteiger partial charge in [0.05, 0.1) is 5.56 Å². The fourth-order valence-corrected chi connectivity index (χ4v) is 2.27. The Bertz CT molecular complexity index is 612. The van der Waals surface area contributed by atoms with Crippen LogP contribution in [0.25, 0.3) is 0 Å². The van der Waals surface area contributed by atoms with Crippen LogP contribution in [0.2, 0.25) is 5.02 Å². The van der Waals surface area contributed by atoms with Crippen LogP contribution in [-0.2, 0) is 11.3 Å². The Kier molecular flexibility index (Phi) is 4.30. The number of halogens is 1. The van der Waals surface area contributed by atoms with Crippen LogP contribution in [0.4, 0.5) is 5.69 Å². The number of ether oxygens (including phenoxy) is 1. The Morgan fingerprint density at radius 2 is 1.85 bits per heavy atom. The van der Waals surface area contributed by atoms with E-state index in [-0.39, 0.29) is 6.61 Å². The molecule has 3 nitrogen and oxygen atoms in total. The summed E-state index contributed by atoms with van der Waals surface area (Å²) in [6.45, 7) is 4.23. The number of rotatable bonds is 3. The molecule has 0 aliphatic carbocycles. The Morgan fingerprint density at radius 1 is 1.20 bits per heavy atom. The summed E-state index contributed by atoms with van der Waals surface area (Å²) < 4.78 is 5.33. The molecule has 2 aromatic rings. The van der Waals surface area contributed by atoms with Gasteiger partial charge in [-0.1, -0.05) is 29.8 Å². The van der Waals surface area contributed by atoms with E-state index in [1.807, 2.05) is 32.0 Å². The molecule has 0 bridgehead atoms. The predicted molar refractivity (Wildman–Crippen MR) is 80.9 cm³/mol. The number of benzene rings is 2. The predicted octanol–water partition coefficient (Wildman–Crippen LogP) is 3.90.